The number of aryl methyl sites for hydroxylation is 1. The van der Waals surface area contributed by atoms with E-state index in [2.05, 4.69) is 4.98 Å². The van der Waals surface area contributed by atoms with Crippen molar-refractivity contribution in [3.05, 3.63) is 59.2 Å². The number of esters is 1. The first-order chi connectivity index (χ1) is 15.0. The van der Waals surface area contributed by atoms with Crippen LogP contribution in [0, 0.1) is 12.8 Å². The maximum Gasteiger partial charge on any atom is 0.309 e. The predicted molar refractivity (Wildman–Crippen MR) is 120 cm³/mol. The molecule has 2 heterocycles. The van der Waals surface area contributed by atoms with Gasteiger partial charge in [0.2, 0.25) is 0 Å². The summed E-state index contributed by atoms with van der Waals surface area (Å²) < 4.78 is 10.9. The van der Waals surface area contributed by atoms with Crippen molar-refractivity contribution in [3.8, 4) is 0 Å². The highest BCUT2D eigenvalue weighted by molar-refractivity contribution is 7.98. The number of amides is 1. The van der Waals surface area contributed by atoms with Crippen LogP contribution in [0.2, 0.25) is 0 Å². The minimum absolute atomic E-state index is 0.0100. The van der Waals surface area contributed by atoms with Crippen LogP contribution >= 0.6 is 11.8 Å². The second kappa shape index (κ2) is 9.56. The second-order valence-corrected chi connectivity index (χ2v) is 8.68. The first-order valence-electron chi connectivity index (χ1n) is 10.6. The summed E-state index contributed by atoms with van der Waals surface area (Å²) >= 11 is 1.54. The lowest BCUT2D eigenvalue weighted by atomic mass is 9.96. The number of aromatic nitrogens is 1. The molecule has 1 aliphatic heterocycles. The van der Waals surface area contributed by atoms with Crippen LogP contribution in [0.1, 0.15) is 41.3 Å². The topological polar surface area (TPSA) is 72.6 Å². The molecular weight excluding hydrogens is 412 g/mol. The molecular formula is C24H26N2O4S. The van der Waals surface area contributed by atoms with Gasteiger partial charge in [0.25, 0.3) is 11.1 Å². The number of nitrogens with zero attached hydrogens (tertiary/aromatic N) is 2. The monoisotopic (exact) mass is 438 g/mol. The van der Waals surface area contributed by atoms with Crippen LogP contribution < -0.4 is 0 Å². The van der Waals surface area contributed by atoms with E-state index in [1.807, 2.05) is 61.2 Å². The smallest absolute Gasteiger partial charge is 0.309 e. The van der Waals surface area contributed by atoms with Crippen LogP contribution in [0.25, 0.3) is 11.1 Å². The molecule has 1 fully saturated rings. The van der Waals surface area contributed by atoms with E-state index >= 15 is 0 Å². The third kappa shape index (κ3) is 5.10. The van der Waals surface area contributed by atoms with Gasteiger partial charge in [0, 0.05) is 24.4 Å². The van der Waals surface area contributed by atoms with Gasteiger partial charge >= 0.3 is 5.97 Å². The Morgan fingerprint density at radius 3 is 2.61 bits per heavy atom. The summed E-state index contributed by atoms with van der Waals surface area (Å²) in [7, 11) is 0. The number of benzene rings is 2. The number of rotatable bonds is 6. The Hall–Kier alpha value is -2.80. The van der Waals surface area contributed by atoms with E-state index in [0.29, 0.717) is 49.1 Å². The molecule has 1 amide bonds. The lowest BCUT2D eigenvalue weighted by Crippen LogP contribution is -2.40. The number of fused-ring (bicyclic) bond motifs is 1. The first-order valence-corrected chi connectivity index (χ1v) is 11.6. The third-order valence-electron chi connectivity index (χ3n) is 5.49. The number of ether oxygens (including phenoxy) is 1. The molecule has 6 nitrogen and oxygen atoms in total. The van der Waals surface area contributed by atoms with E-state index < -0.39 is 0 Å². The number of hydrogen-bond donors (Lipinski definition) is 0. The summed E-state index contributed by atoms with van der Waals surface area (Å²) in [6.07, 6.45) is 1.31. The SMILES string of the molecule is CCOC(=O)C1CCN(C(=O)c2ccc(CSc3nc4cc(C)ccc4o3)cc2)CC1. The minimum Gasteiger partial charge on any atom is -0.466 e. The summed E-state index contributed by atoms with van der Waals surface area (Å²) in [5.41, 5.74) is 4.58. The number of likely N-dealkylation sites (tertiary alicyclic amines) is 1. The molecule has 0 atom stereocenters. The molecule has 2 aromatic carbocycles. The largest absolute Gasteiger partial charge is 0.466 e. The van der Waals surface area contributed by atoms with Crippen LogP contribution in [0.5, 0.6) is 0 Å². The van der Waals surface area contributed by atoms with Gasteiger partial charge in [0.15, 0.2) is 5.58 Å². The molecule has 0 bridgehead atoms. The van der Waals surface area contributed by atoms with E-state index in [4.69, 9.17) is 9.15 Å². The van der Waals surface area contributed by atoms with Crippen molar-refractivity contribution in [2.24, 2.45) is 5.92 Å². The van der Waals surface area contributed by atoms with Crippen molar-refractivity contribution >= 4 is 34.7 Å². The molecule has 0 aliphatic carbocycles. The molecule has 1 aromatic heterocycles. The van der Waals surface area contributed by atoms with Crippen LogP contribution in [-0.4, -0.2) is 41.5 Å². The van der Waals surface area contributed by atoms with Gasteiger partial charge in [-0.2, -0.15) is 0 Å². The second-order valence-electron chi connectivity index (χ2n) is 7.76. The molecule has 31 heavy (non-hydrogen) atoms. The lowest BCUT2D eigenvalue weighted by molar-refractivity contribution is -0.149. The van der Waals surface area contributed by atoms with Gasteiger partial charge in [-0.15, -0.1) is 0 Å². The summed E-state index contributed by atoms with van der Waals surface area (Å²) in [5.74, 6) is 0.478. The van der Waals surface area contributed by atoms with Gasteiger partial charge in [-0.3, -0.25) is 9.59 Å². The molecule has 7 heteroatoms. The van der Waals surface area contributed by atoms with Crippen molar-refractivity contribution < 1.29 is 18.7 Å². The van der Waals surface area contributed by atoms with Crippen LogP contribution in [0.4, 0.5) is 0 Å². The van der Waals surface area contributed by atoms with Crippen molar-refractivity contribution in [2.75, 3.05) is 19.7 Å². The molecule has 1 aliphatic rings. The molecule has 3 aromatic rings. The van der Waals surface area contributed by atoms with E-state index in [1.165, 1.54) is 11.8 Å². The molecule has 0 saturated carbocycles. The standard InChI is InChI=1S/C24H26N2O4S/c1-3-29-23(28)19-10-12-26(13-11-19)22(27)18-7-5-17(6-8-18)15-31-24-25-20-14-16(2)4-9-21(20)30-24/h4-9,14,19H,3,10-13,15H2,1-2H3. The molecule has 0 N–H and O–H groups in total. The number of carbonyl (C=O) groups excluding carboxylic acids is 2. The fourth-order valence-electron chi connectivity index (χ4n) is 3.73. The Morgan fingerprint density at radius 1 is 1.16 bits per heavy atom. The van der Waals surface area contributed by atoms with Crippen molar-refractivity contribution in [1.82, 2.24) is 9.88 Å². The summed E-state index contributed by atoms with van der Waals surface area (Å²) in [5, 5.41) is 0.644. The Morgan fingerprint density at radius 2 is 1.90 bits per heavy atom. The highest BCUT2D eigenvalue weighted by atomic mass is 32.2. The lowest BCUT2D eigenvalue weighted by Gasteiger charge is -2.31. The average Bonchev–Trinajstić information content (AvgIpc) is 3.20. The highest BCUT2D eigenvalue weighted by Gasteiger charge is 2.28. The maximum absolute atomic E-state index is 12.8. The van der Waals surface area contributed by atoms with E-state index in [9.17, 15) is 9.59 Å². The van der Waals surface area contributed by atoms with E-state index in [-0.39, 0.29) is 17.8 Å². The highest BCUT2D eigenvalue weighted by Crippen LogP contribution is 2.27. The fraction of sp³-hybridized carbons (Fsp3) is 0.375. The van der Waals surface area contributed by atoms with E-state index in [1.54, 1.807) is 0 Å². The van der Waals surface area contributed by atoms with Crippen molar-refractivity contribution in [1.29, 1.82) is 0 Å². The Bertz CT molecular complexity index is 1070. The summed E-state index contributed by atoms with van der Waals surface area (Å²) in [6, 6.07) is 13.6. The first kappa shape index (κ1) is 21.4. The predicted octanol–water partition coefficient (Wildman–Crippen LogP) is 4.84. The quantitative estimate of drug-likeness (QED) is 0.405. The summed E-state index contributed by atoms with van der Waals surface area (Å²) in [4.78, 5) is 31.0. The number of carbonyl (C=O) groups is 2. The number of hydrogen-bond acceptors (Lipinski definition) is 6. The normalized spacial score (nSPS) is 14.7. The van der Waals surface area contributed by atoms with Gasteiger partial charge in [0.05, 0.1) is 12.5 Å². The van der Waals surface area contributed by atoms with Gasteiger partial charge < -0.3 is 14.1 Å². The van der Waals surface area contributed by atoms with E-state index in [0.717, 1.165) is 22.2 Å². The number of piperidine rings is 1. The molecule has 4 rings (SSSR count). The Kier molecular flexibility index (Phi) is 6.61. The zero-order chi connectivity index (χ0) is 21.8. The van der Waals surface area contributed by atoms with Gasteiger partial charge in [-0.05, 0) is 62.1 Å². The number of thioether (sulfide) groups is 1. The van der Waals surface area contributed by atoms with Crippen LogP contribution in [0.15, 0.2) is 52.1 Å². The number of oxazole rings is 1. The third-order valence-corrected chi connectivity index (χ3v) is 6.39. The maximum atomic E-state index is 12.8. The molecule has 0 radical (unpaired) electrons. The average molecular weight is 439 g/mol. The van der Waals surface area contributed by atoms with Gasteiger partial charge in [0.1, 0.15) is 5.52 Å². The fourth-order valence-corrected chi connectivity index (χ4v) is 4.52. The van der Waals surface area contributed by atoms with Crippen molar-refractivity contribution in [2.45, 2.75) is 37.7 Å². The zero-order valence-corrected chi connectivity index (χ0v) is 18.6. The van der Waals surface area contributed by atoms with Crippen LogP contribution in [0.3, 0.4) is 0 Å². The van der Waals surface area contributed by atoms with Gasteiger partial charge in [-0.25, -0.2) is 4.98 Å². The summed E-state index contributed by atoms with van der Waals surface area (Å²) in [6.45, 7) is 5.40. The van der Waals surface area contributed by atoms with Crippen LogP contribution in [-0.2, 0) is 15.3 Å². The minimum atomic E-state index is -0.148. The van der Waals surface area contributed by atoms with Gasteiger partial charge in [-0.1, -0.05) is 30.0 Å². The molecule has 0 unspecified atom stereocenters. The Balaban J connectivity index is 1.31. The Labute approximate surface area is 186 Å². The van der Waals surface area contributed by atoms with Crippen molar-refractivity contribution in [3.63, 3.8) is 0 Å². The molecule has 0 spiro atoms. The molecule has 1 saturated heterocycles. The zero-order valence-electron chi connectivity index (χ0n) is 17.8. The molecule has 162 valence electrons.